The lowest BCUT2D eigenvalue weighted by Crippen LogP contribution is -2.13. The Kier molecular flexibility index (Phi) is 4.69. The Morgan fingerprint density at radius 1 is 1.35 bits per heavy atom. The third kappa shape index (κ3) is 3.78. The maximum atomic E-state index is 12.2. The number of hydrogen-bond donors (Lipinski definition) is 1. The van der Waals surface area contributed by atoms with Crippen molar-refractivity contribution in [2.24, 2.45) is 0 Å². The first-order valence-electron chi connectivity index (χ1n) is 6.49. The van der Waals surface area contributed by atoms with Crippen molar-refractivity contribution >= 4 is 23.3 Å². The topological polar surface area (TPSA) is 54.9 Å². The summed E-state index contributed by atoms with van der Waals surface area (Å²) in [6.07, 6.45) is 3.41. The number of aryl methyl sites for hydroxylation is 2. The van der Waals surface area contributed by atoms with Crippen LogP contribution in [0.3, 0.4) is 0 Å². The molecule has 2 aromatic rings. The molecule has 4 nitrogen and oxygen atoms in total. The molecule has 0 radical (unpaired) electrons. The first-order chi connectivity index (χ1) is 9.58. The van der Waals surface area contributed by atoms with E-state index in [-0.39, 0.29) is 5.91 Å². The van der Waals surface area contributed by atoms with Gasteiger partial charge in [-0.1, -0.05) is 24.9 Å². The number of nitrogens with one attached hydrogen (secondary N) is 1. The highest BCUT2D eigenvalue weighted by atomic mass is 35.5. The highest BCUT2D eigenvalue weighted by Gasteiger charge is 2.10. The average molecular weight is 290 g/mol. The van der Waals surface area contributed by atoms with Crippen LogP contribution in [-0.2, 0) is 6.42 Å². The number of nitrogens with zero attached hydrogens (tertiary/aromatic N) is 2. The van der Waals surface area contributed by atoms with Gasteiger partial charge < -0.3 is 5.32 Å². The van der Waals surface area contributed by atoms with Gasteiger partial charge in [0.2, 0.25) is 0 Å². The van der Waals surface area contributed by atoms with Crippen molar-refractivity contribution in [1.82, 2.24) is 9.97 Å². The number of aromatic nitrogens is 2. The largest absolute Gasteiger partial charge is 0.307 e. The minimum Gasteiger partial charge on any atom is -0.307 e. The Bertz CT molecular complexity index is 628. The molecule has 0 saturated carbocycles. The van der Waals surface area contributed by atoms with Crippen molar-refractivity contribution in [3.05, 3.63) is 52.4 Å². The molecule has 5 heteroatoms. The number of rotatable bonds is 4. The highest BCUT2D eigenvalue weighted by molar-refractivity contribution is 6.29. The number of hydrogen-bond acceptors (Lipinski definition) is 3. The van der Waals surface area contributed by atoms with E-state index in [1.54, 1.807) is 18.3 Å². The van der Waals surface area contributed by atoms with Crippen molar-refractivity contribution in [3.63, 3.8) is 0 Å². The van der Waals surface area contributed by atoms with E-state index in [1.807, 2.05) is 19.1 Å². The van der Waals surface area contributed by atoms with E-state index < -0.39 is 0 Å². The molecule has 0 spiro atoms. The van der Waals surface area contributed by atoms with Gasteiger partial charge in [-0.05, 0) is 43.2 Å². The molecule has 0 aliphatic carbocycles. The molecule has 0 fully saturated rings. The van der Waals surface area contributed by atoms with Crippen LogP contribution in [0.1, 0.15) is 35.0 Å². The molecule has 20 heavy (non-hydrogen) atoms. The number of pyridine rings is 2. The Morgan fingerprint density at radius 3 is 2.85 bits per heavy atom. The van der Waals surface area contributed by atoms with Crippen LogP contribution in [0.2, 0.25) is 5.15 Å². The van der Waals surface area contributed by atoms with Gasteiger partial charge in [0, 0.05) is 17.5 Å². The van der Waals surface area contributed by atoms with Gasteiger partial charge >= 0.3 is 0 Å². The second-order valence-electron chi connectivity index (χ2n) is 4.59. The number of halogens is 1. The summed E-state index contributed by atoms with van der Waals surface area (Å²) in [5, 5.41) is 3.09. The highest BCUT2D eigenvalue weighted by Crippen LogP contribution is 2.14. The Morgan fingerprint density at radius 2 is 2.15 bits per heavy atom. The molecule has 0 atom stereocenters. The van der Waals surface area contributed by atoms with Crippen LogP contribution in [0.4, 0.5) is 5.82 Å². The van der Waals surface area contributed by atoms with Gasteiger partial charge in [-0.25, -0.2) is 9.97 Å². The van der Waals surface area contributed by atoms with Crippen molar-refractivity contribution in [3.8, 4) is 0 Å². The van der Waals surface area contributed by atoms with E-state index in [4.69, 9.17) is 11.6 Å². The third-order valence-corrected chi connectivity index (χ3v) is 2.97. The molecule has 2 aromatic heterocycles. The van der Waals surface area contributed by atoms with E-state index in [9.17, 15) is 4.79 Å². The number of carbonyl (C=O) groups is 1. The van der Waals surface area contributed by atoms with Crippen molar-refractivity contribution in [2.45, 2.75) is 26.7 Å². The predicted molar refractivity (Wildman–Crippen MR) is 80.2 cm³/mol. The second kappa shape index (κ2) is 6.48. The summed E-state index contributed by atoms with van der Waals surface area (Å²) >= 11 is 5.95. The predicted octanol–water partition coefficient (Wildman–Crippen LogP) is 3.64. The van der Waals surface area contributed by atoms with Gasteiger partial charge in [0.05, 0.1) is 0 Å². The van der Waals surface area contributed by atoms with Gasteiger partial charge in [-0.3, -0.25) is 4.79 Å². The van der Waals surface area contributed by atoms with E-state index in [1.165, 1.54) is 0 Å². The summed E-state index contributed by atoms with van der Waals surface area (Å²) in [6, 6.07) is 7.01. The molecule has 1 N–H and O–H groups in total. The second-order valence-corrected chi connectivity index (χ2v) is 4.98. The molecule has 0 unspecified atom stereocenters. The molecule has 0 aromatic carbocycles. The monoisotopic (exact) mass is 289 g/mol. The minimum absolute atomic E-state index is 0.232. The third-order valence-electron chi connectivity index (χ3n) is 2.77. The van der Waals surface area contributed by atoms with Gasteiger partial charge in [0.15, 0.2) is 0 Å². The van der Waals surface area contributed by atoms with Crippen LogP contribution in [0, 0.1) is 6.92 Å². The van der Waals surface area contributed by atoms with Crippen LogP contribution in [0.5, 0.6) is 0 Å². The van der Waals surface area contributed by atoms with Crippen LogP contribution in [0.15, 0.2) is 30.5 Å². The first kappa shape index (κ1) is 14.5. The van der Waals surface area contributed by atoms with E-state index in [0.29, 0.717) is 16.5 Å². The molecule has 2 rings (SSSR count). The molecule has 0 saturated heterocycles. The first-order valence-corrected chi connectivity index (χ1v) is 6.86. The SMILES string of the molecule is CCCc1cc(C(=O)Nc2cc(C)ccn2)cc(Cl)n1. The molecular formula is C15H16ClN3O. The van der Waals surface area contributed by atoms with E-state index in [0.717, 1.165) is 24.1 Å². The lowest BCUT2D eigenvalue weighted by molar-refractivity contribution is 0.102. The fourth-order valence-corrected chi connectivity index (χ4v) is 2.09. The summed E-state index contributed by atoms with van der Waals surface area (Å²) in [7, 11) is 0. The number of anilines is 1. The van der Waals surface area contributed by atoms with E-state index in [2.05, 4.69) is 22.2 Å². The van der Waals surface area contributed by atoms with Crippen molar-refractivity contribution in [2.75, 3.05) is 5.32 Å². The van der Waals surface area contributed by atoms with Crippen LogP contribution in [0.25, 0.3) is 0 Å². The quantitative estimate of drug-likeness (QED) is 0.874. The van der Waals surface area contributed by atoms with Crippen LogP contribution in [-0.4, -0.2) is 15.9 Å². The fraction of sp³-hybridized carbons (Fsp3) is 0.267. The average Bonchev–Trinajstić information content (AvgIpc) is 2.38. The summed E-state index contributed by atoms with van der Waals surface area (Å²) in [6.45, 7) is 4.00. The van der Waals surface area contributed by atoms with Crippen LogP contribution >= 0.6 is 11.6 Å². The summed E-state index contributed by atoms with van der Waals surface area (Å²) in [5.41, 5.74) is 2.36. The lowest BCUT2D eigenvalue weighted by atomic mass is 10.1. The number of amides is 1. The van der Waals surface area contributed by atoms with E-state index >= 15 is 0 Å². The zero-order valence-corrected chi connectivity index (χ0v) is 12.2. The lowest BCUT2D eigenvalue weighted by Gasteiger charge is -2.07. The zero-order valence-electron chi connectivity index (χ0n) is 11.5. The normalized spacial score (nSPS) is 10.3. The van der Waals surface area contributed by atoms with Gasteiger partial charge in [0.25, 0.3) is 5.91 Å². The standard InChI is InChI=1S/C15H16ClN3O/c1-3-4-12-8-11(9-13(16)18-12)15(20)19-14-7-10(2)5-6-17-14/h5-9H,3-4H2,1-2H3,(H,17,19,20). The molecule has 0 bridgehead atoms. The molecule has 0 aliphatic heterocycles. The smallest absolute Gasteiger partial charge is 0.256 e. The van der Waals surface area contributed by atoms with Crippen molar-refractivity contribution in [1.29, 1.82) is 0 Å². The fourth-order valence-electron chi connectivity index (χ4n) is 1.86. The molecule has 1 amide bonds. The molecule has 104 valence electrons. The Hall–Kier alpha value is -1.94. The number of carbonyl (C=O) groups excluding carboxylic acids is 1. The summed E-state index contributed by atoms with van der Waals surface area (Å²) in [4.78, 5) is 20.5. The molecule has 0 aliphatic rings. The maximum absolute atomic E-state index is 12.2. The van der Waals surface area contributed by atoms with Gasteiger partial charge in [0.1, 0.15) is 11.0 Å². The Labute approximate surface area is 123 Å². The molecular weight excluding hydrogens is 274 g/mol. The van der Waals surface area contributed by atoms with Crippen LogP contribution < -0.4 is 5.32 Å². The van der Waals surface area contributed by atoms with Crippen molar-refractivity contribution < 1.29 is 4.79 Å². The Balaban J connectivity index is 2.20. The van der Waals surface area contributed by atoms with Gasteiger partial charge in [-0.2, -0.15) is 0 Å². The molecule has 2 heterocycles. The zero-order chi connectivity index (χ0) is 14.5. The van der Waals surface area contributed by atoms with Gasteiger partial charge in [-0.15, -0.1) is 0 Å². The summed E-state index contributed by atoms with van der Waals surface area (Å²) < 4.78 is 0. The minimum atomic E-state index is -0.232. The summed E-state index contributed by atoms with van der Waals surface area (Å²) in [5.74, 6) is 0.296. The maximum Gasteiger partial charge on any atom is 0.256 e.